The Balaban J connectivity index is 1.94. The maximum atomic E-state index is 5.96. The number of rotatable bonds is 3. The first-order valence-electron chi connectivity index (χ1n) is 7.48. The van der Waals surface area contributed by atoms with Gasteiger partial charge >= 0.3 is 0 Å². The molecule has 3 heteroatoms. The molecule has 2 unspecified atom stereocenters. The summed E-state index contributed by atoms with van der Waals surface area (Å²) in [5, 5.41) is 1.27. The van der Waals surface area contributed by atoms with Crippen molar-refractivity contribution < 1.29 is 0 Å². The smallest absolute Gasteiger partial charge is 0.0708 e. The molecular weight excluding hydrogens is 246 g/mol. The minimum absolute atomic E-state index is 0.516. The molecule has 2 aromatic rings. The van der Waals surface area contributed by atoms with Crippen LogP contribution in [-0.2, 0) is 6.54 Å². The summed E-state index contributed by atoms with van der Waals surface area (Å²) in [6.07, 6.45) is 1.25. The summed E-state index contributed by atoms with van der Waals surface area (Å²) in [6, 6.07) is 11.2. The van der Waals surface area contributed by atoms with Gasteiger partial charge in [-0.25, -0.2) is 0 Å². The second-order valence-corrected chi connectivity index (χ2v) is 5.98. The number of aromatic nitrogens is 1. The van der Waals surface area contributed by atoms with Gasteiger partial charge < -0.3 is 5.73 Å². The van der Waals surface area contributed by atoms with Crippen molar-refractivity contribution in [2.75, 3.05) is 13.1 Å². The molecule has 2 N–H and O–H groups in total. The second kappa shape index (κ2) is 5.51. The quantitative estimate of drug-likeness (QED) is 0.931. The van der Waals surface area contributed by atoms with Crippen LogP contribution in [0.25, 0.3) is 10.9 Å². The van der Waals surface area contributed by atoms with Gasteiger partial charge in [0, 0.05) is 30.2 Å². The fraction of sp³-hybridized carbons (Fsp3) is 0.471. The number of aryl methyl sites for hydroxylation is 1. The van der Waals surface area contributed by atoms with Gasteiger partial charge in [-0.3, -0.25) is 9.88 Å². The molecule has 2 atom stereocenters. The summed E-state index contributed by atoms with van der Waals surface area (Å²) in [4.78, 5) is 7.16. The Hall–Kier alpha value is -1.45. The molecule has 1 aliphatic heterocycles. The zero-order chi connectivity index (χ0) is 14.1. The summed E-state index contributed by atoms with van der Waals surface area (Å²) in [6.45, 7) is 7.27. The highest BCUT2D eigenvalue weighted by Gasteiger charge is 2.30. The zero-order valence-electron chi connectivity index (χ0n) is 12.3. The SMILES string of the molecule is Cc1cc(CN2CCC(C)C2CN)c2ccccc2n1. The van der Waals surface area contributed by atoms with Gasteiger partial charge in [0.05, 0.1) is 5.52 Å². The largest absolute Gasteiger partial charge is 0.329 e. The number of hydrogen-bond donors (Lipinski definition) is 1. The third kappa shape index (κ3) is 2.43. The van der Waals surface area contributed by atoms with E-state index in [1.807, 2.05) is 0 Å². The third-order valence-corrected chi connectivity index (χ3v) is 4.54. The van der Waals surface area contributed by atoms with E-state index in [-0.39, 0.29) is 0 Å². The highest BCUT2D eigenvalue weighted by molar-refractivity contribution is 5.82. The number of pyridine rings is 1. The minimum Gasteiger partial charge on any atom is -0.329 e. The third-order valence-electron chi connectivity index (χ3n) is 4.54. The second-order valence-electron chi connectivity index (χ2n) is 5.98. The number of nitrogens with two attached hydrogens (primary N) is 1. The minimum atomic E-state index is 0.516. The van der Waals surface area contributed by atoms with Crippen LogP contribution in [0.3, 0.4) is 0 Å². The molecular formula is C17H23N3. The number of para-hydroxylation sites is 1. The summed E-state index contributed by atoms with van der Waals surface area (Å²) in [5.41, 5.74) is 9.52. The van der Waals surface area contributed by atoms with E-state index in [4.69, 9.17) is 5.73 Å². The van der Waals surface area contributed by atoms with Crippen LogP contribution in [0, 0.1) is 12.8 Å². The molecule has 1 aliphatic rings. The molecule has 0 spiro atoms. The Bertz CT molecular complexity index is 608. The number of benzene rings is 1. The lowest BCUT2D eigenvalue weighted by molar-refractivity contribution is 0.229. The van der Waals surface area contributed by atoms with Crippen molar-refractivity contribution in [3.8, 4) is 0 Å². The lowest BCUT2D eigenvalue weighted by Gasteiger charge is -2.26. The van der Waals surface area contributed by atoms with Crippen molar-refractivity contribution >= 4 is 10.9 Å². The van der Waals surface area contributed by atoms with E-state index in [1.165, 1.54) is 17.4 Å². The molecule has 106 valence electrons. The highest BCUT2D eigenvalue weighted by Crippen LogP contribution is 2.27. The zero-order valence-corrected chi connectivity index (χ0v) is 12.3. The highest BCUT2D eigenvalue weighted by atomic mass is 15.2. The number of likely N-dealkylation sites (tertiary alicyclic amines) is 1. The molecule has 0 saturated carbocycles. The monoisotopic (exact) mass is 269 g/mol. The van der Waals surface area contributed by atoms with Gasteiger partial charge in [-0.05, 0) is 43.5 Å². The first-order valence-corrected chi connectivity index (χ1v) is 7.48. The Labute approximate surface area is 120 Å². The first-order chi connectivity index (χ1) is 9.69. The van der Waals surface area contributed by atoms with Crippen LogP contribution >= 0.6 is 0 Å². The standard InChI is InChI=1S/C17H23N3/c1-12-7-8-20(17(12)10-18)11-14-9-13(2)19-16-6-4-3-5-15(14)16/h3-6,9,12,17H,7-8,10-11,18H2,1-2H3. The van der Waals surface area contributed by atoms with E-state index < -0.39 is 0 Å². The normalized spacial score (nSPS) is 23.6. The Kier molecular flexibility index (Phi) is 3.72. The molecule has 0 amide bonds. The van der Waals surface area contributed by atoms with E-state index in [0.29, 0.717) is 12.0 Å². The van der Waals surface area contributed by atoms with Crippen LogP contribution in [0.5, 0.6) is 0 Å². The molecule has 1 aromatic carbocycles. The van der Waals surface area contributed by atoms with E-state index in [2.05, 4.69) is 54.1 Å². The van der Waals surface area contributed by atoms with Crippen molar-refractivity contribution in [3.63, 3.8) is 0 Å². The van der Waals surface area contributed by atoms with E-state index in [0.717, 1.165) is 30.8 Å². The van der Waals surface area contributed by atoms with Crippen LogP contribution in [0.1, 0.15) is 24.6 Å². The average Bonchev–Trinajstić information content (AvgIpc) is 2.79. The molecule has 3 nitrogen and oxygen atoms in total. The van der Waals surface area contributed by atoms with Crippen molar-refractivity contribution in [1.82, 2.24) is 9.88 Å². The fourth-order valence-corrected chi connectivity index (χ4v) is 3.41. The van der Waals surface area contributed by atoms with Crippen molar-refractivity contribution in [2.45, 2.75) is 32.9 Å². The summed E-state index contributed by atoms with van der Waals surface area (Å²) in [7, 11) is 0. The molecule has 1 saturated heterocycles. The predicted molar refractivity (Wildman–Crippen MR) is 83.5 cm³/mol. The van der Waals surface area contributed by atoms with Gasteiger partial charge in [-0.2, -0.15) is 0 Å². The van der Waals surface area contributed by atoms with Crippen LogP contribution in [0.2, 0.25) is 0 Å². The van der Waals surface area contributed by atoms with Crippen molar-refractivity contribution in [2.24, 2.45) is 11.7 Å². The lowest BCUT2D eigenvalue weighted by atomic mass is 10.0. The van der Waals surface area contributed by atoms with Gasteiger partial charge in [-0.15, -0.1) is 0 Å². The van der Waals surface area contributed by atoms with Crippen molar-refractivity contribution in [1.29, 1.82) is 0 Å². The molecule has 2 heterocycles. The van der Waals surface area contributed by atoms with Gasteiger partial charge in [0.1, 0.15) is 0 Å². The molecule has 3 rings (SSSR count). The van der Waals surface area contributed by atoms with E-state index >= 15 is 0 Å². The van der Waals surface area contributed by atoms with Crippen molar-refractivity contribution in [3.05, 3.63) is 41.6 Å². The van der Waals surface area contributed by atoms with Gasteiger partial charge in [0.2, 0.25) is 0 Å². The van der Waals surface area contributed by atoms with Gasteiger partial charge in [0.15, 0.2) is 0 Å². The molecule has 0 radical (unpaired) electrons. The van der Waals surface area contributed by atoms with E-state index in [1.54, 1.807) is 0 Å². The predicted octanol–water partition coefficient (Wildman–Crippen LogP) is 2.71. The number of nitrogens with zero attached hydrogens (tertiary/aromatic N) is 2. The average molecular weight is 269 g/mol. The van der Waals surface area contributed by atoms with Gasteiger partial charge in [0.25, 0.3) is 0 Å². The summed E-state index contributed by atoms with van der Waals surface area (Å²) >= 11 is 0. The van der Waals surface area contributed by atoms with Crippen LogP contribution < -0.4 is 5.73 Å². The van der Waals surface area contributed by atoms with Crippen LogP contribution in [0.4, 0.5) is 0 Å². The maximum absolute atomic E-state index is 5.96. The molecule has 0 bridgehead atoms. The maximum Gasteiger partial charge on any atom is 0.0708 e. The Morgan fingerprint density at radius 3 is 2.95 bits per heavy atom. The van der Waals surface area contributed by atoms with Crippen LogP contribution in [-0.4, -0.2) is 29.0 Å². The van der Waals surface area contributed by atoms with E-state index in [9.17, 15) is 0 Å². The molecule has 0 aliphatic carbocycles. The summed E-state index contributed by atoms with van der Waals surface area (Å²) in [5.74, 6) is 0.703. The molecule has 1 aromatic heterocycles. The van der Waals surface area contributed by atoms with Crippen LogP contribution in [0.15, 0.2) is 30.3 Å². The van der Waals surface area contributed by atoms with Gasteiger partial charge in [-0.1, -0.05) is 25.1 Å². The molecule has 20 heavy (non-hydrogen) atoms. The lowest BCUT2D eigenvalue weighted by Crippen LogP contribution is -2.37. The fourth-order valence-electron chi connectivity index (χ4n) is 3.41. The number of hydrogen-bond acceptors (Lipinski definition) is 3. The Morgan fingerprint density at radius 1 is 1.35 bits per heavy atom. The number of fused-ring (bicyclic) bond motifs is 1. The Morgan fingerprint density at radius 2 is 2.15 bits per heavy atom. The molecule has 1 fully saturated rings. The first kappa shape index (κ1) is 13.5. The topological polar surface area (TPSA) is 42.1 Å². The summed E-state index contributed by atoms with van der Waals surface area (Å²) < 4.78 is 0.